The van der Waals surface area contributed by atoms with Crippen LogP contribution in [0.3, 0.4) is 0 Å². The van der Waals surface area contributed by atoms with Crippen molar-refractivity contribution in [3.8, 4) is 0 Å². The molecule has 1 heterocycles. The van der Waals surface area contributed by atoms with Gasteiger partial charge in [-0.2, -0.15) is 0 Å². The van der Waals surface area contributed by atoms with Crippen molar-refractivity contribution in [2.75, 3.05) is 20.1 Å². The molecular weight excluding hydrogens is 256 g/mol. The average Bonchev–Trinajstić information content (AvgIpc) is 2.67. The number of nitrogens with zero attached hydrogens (tertiary/aromatic N) is 1. The molecule has 1 saturated heterocycles. The van der Waals surface area contributed by atoms with Gasteiger partial charge in [0.25, 0.3) is 5.91 Å². The molecule has 1 atom stereocenters. The third kappa shape index (κ3) is 2.92. The Morgan fingerprint density at radius 3 is 2.72 bits per heavy atom. The lowest BCUT2D eigenvalue weighted by molar-refractivity contribution is 0.0915. The molecule has 18 heavy (non-hydrogen) atoms. The highest BCUT2D eigenvalue weighted by Gasteiger charge is 2.28. The SMILES string of the molecule is CN1CC(CNC(=O)c2ccc(Cl)cc2)OC1=O. The first kappa shape index (κ1) is 12.7. The number of cyclic esters (lactones) is 1. The number of halogens is 1. The first-order valence-electron chi connectivity index (χ1n) is 5.52. The largest absolute Gasteiger partial charge is 0.442 e. The van der Waals surface area contributed by atoms with Gasteiger partial charge in [-0.15, -0.1) is 0 Å². The smallest absolute Gasteiger partial charge is 0.410 e. The molecule has 1 aromatic carbocycles. The zero-order chi connectivity index (χ0) is 13.1. The number of carbonyl (C=O) groups excluding carboxylic acids is 2. The third-order valence-corrected chi connectivity index (χ3v) is 2.91. The number of ether oxygens (including phenoxy) is 1. The molecule has 2 rings (SSSR count). The molecule has 0 saturated carbocycles. The van der Waals surface area contributed by atoms with Gasteiger partial charge in [-0.1, -0.05) is 11.6 Å². The molecule has 0 aliphatic carbocycles. The number of rotatable bonds is 3. The summed E-state index contributed by atoms with van der Waals surface area (Å²) in [5.41, 5.74) is 0.525. The average molecular weight is 269 g/mol. The highest BCUT2D eigenvalue weighted by molar-refractivity contribution is 6.30. The first-order valence-corrected chi connectivity index (χ1v) is 5.89. The maximum atomic E-state index is 11.8. The molecule has 6 heteroatoms. The molecule has 5 nitrogen and oxygen atoms in total. The lowest BCUT2D eigenvalue weighted by Gasteiger charge is -2.09. The predicted molar refractivity (Wildman–Crippen MR) is 66.7 cm³/mol. The van der Waals surface area contributed by atoms with Gasteiger partial charge in [0.15, 0.2) is 0 Å². The molecule has 0 spiro atoms. The fraction of sp³-hybridized carbons (Fsp3) is 0.333. The minimum atomic E-state index is -0.360. The third-order valence-electron chi connectivity index (χ3n) is 2.65. The van der Waals surface area contributed by atoms with Crippen LogP contribution in [0, 0.1) is 0 Å². The van der Waals surface area contributed by atoms with Crippen LogP contribution in [-0.4, -0.2) is 43.1 Å². The van der Waals surface area contributed by atoms with Crippen molar-refractivity contribution in [3.05, 3.63) is 34.9 Å². The van der Waals surface area contributed by atoms with Gasteiger partial charge in [0, 0.05) is 17.6 Å². The molecule has 1 fully saturated rings. The fourth-order valence-electron chi connectivity index (χ4n) is 1.67. The van der Waals surface area contributed by atoms with Crippen LogP contribution in [0.2, 0.25) is 5.02 Å². The van der Waals surface area contributed by atoms with E-state index in [4.69, 9.17) is 16.3 Å². The molecule has 0 radical (unpaired) electrons. The van der Waals surface area contributed by atoms with Crippen LogP contribution in [0.15, 0.2) is 24.3 Å². The summed E-state index contributed by atoms with van der Waals surface area (Å²) in [7, 11) is 1.66. The number of hydrogen-bond donors (Lipinski definition) is 1. The summed E-state index contributed by atoms with van der Waals surface area (Å²) < 4.78 is 5.03. The lowest BCUT2D eigenvalue weighted by atomic mass is 10.2. The van der Waals surface area contributed by atoms with Crippen molar-refractivity contribution in [1.29, 1.82) is 0 Å². The molecule has 1 N–H and O–H groups in total. The second-order valence-electron chi connectivity index (χ2n) is 4.10. The Morgan fingerprint density at radius 1 is 1.50 bits per heavy atom. The van der Waals surface area contributed by atoms with E-state index >= 15 is 0 Å². The summed E-state index contributed by atoms with van der Waals surface area (Å²) in [6.07, 6.45) is -0.653. The van der Waals surface area contributed by atoms with Crippen molar-refractivity contribution < 1.29 is 14.3 Å². The number of carbonyl (C=O) groups is 2. The minimum Gasteiger partial charge on any atom is -0.442 e. The zero-order valence-electron chi connectivity index (χ0n) is 9.85. The van der Waals surface area contributed by atoms with Crippen LogP contribution >= 0.6 is 11.6 Å². The monoisotopic (exact) mass is 268 g/mol. The van der Waals surface area contributed by atoms with E-state index in [1.165, 1.54) is 4.90 Å². The van der Waals surface area contributed by atoms with Gasteiger partial charge in [-0.25, -0.2) is 4.79 Å². The van der Waals surface area contributed by atoms with Gasteiger partial charge in [0.1, 0.15) is 6.10 Å². The van der Waals surface area contributed by atoms with Gasteiger partial charge in [0.05, 0.1) is 13.1 Å². The van der Waals surface area contributed by atoms with E-state index in [0.717, 1.165) is 0 Å². The Bertz CT molecular complexity index is 461. The number of hydrogen-bond acceptors (Lipinski definition) is 3. The van der Waals surface area contributed by atoms with Crippen molar-refractivity contribution in [2.45, 2.75) is 6.10 Å². The molecule has 0 bridgehead atoms. The topological polar surface area (TPSA) is 58.6 Å². The van der Waals surface area contributed by atoms with Crippen molar-refractivity contribution in [3.63, 3.8) is 0 Å². The Morgan fingerprint density at radius 2 is 2.17 bits per heavy atom. The zero-order valence-corrected chi connectivity index (χ0v) is 10.6. The number of benzene rings is 1. The Kier molecular flexibility index (Phi) is 3.72. The van der Waals surface area contributed by atoms with E-state index < -0.39 is 0 Å². The van der Waals surface area contributed by atoms with Gasteiger partial charge in [0.2, 0.25) is 0 Å². The number of likely N-dealkylation sites (N-methyl/N-ethyl adjacent to an activating group) is 1. The molecule has 1 aliphatic rings. The van der Waals surface area contributed by atoms with Crippen molar-refractivity contribution >= 4 is 23.6 Å². The highest BCUT2D eigenvalue weighted by Crippen LogP contribution is 2.10. The summed E-state index contributed by atoms with van der Waals surface area (Å²) in [4.78, 5) is 24.4. The van der Waals surface area contributed by atoms with Crippen LogP contribution in [0.1, 0.15) is 10.4 Å². The van der Waals surface area contributed by atoms with E-state index in [2.05, 4.69) is 5.32 Å². The second kappa shape index (κ2) is 5.27. The molecule has 1 aromatic rings. The van der Waals surface area contributed by atoms with Crippen LogP contribution in [-0.2, 0) is 4.74 Å². The van der Waals surface area contributed by atoms with Crippen LogP contribution in [0.4, 0.5) is 4.79 Å². The summed E-state index contributed by atoms with van der Waals surface area (Å²) in [5, 5.41) is 3.30. The first-order chi connectivity index (χ1) is 8.56. The number of amides is 2. The summed E-state index contributed by atoms with van der Waals surface area (Å²) in [5.74, 6) is -0.211. The van der Waals surface area contributed by atoms with Crippen molar-refractivity contribution in [1.82, 2.24) is 10.2 Å². The highest BCUT2D eigenvalue weighted by atomic mass is 35.5. The van der Waals surface area contributed by atoms with E-state index in [1.54, 1.807) is 31.3 Å². The van der Waals surface area contributed by atoms with Crippen LogP contribution in [0.5, 0.6) is 0 Å². The molecule has 1 aliphatic heterocycles. The van der Waals surface area contributed by atoms with E-state index in [-0.39, 0.29) is 18.1 Å². The minimum absolute atomic E-state index is 0.211. The van der Waals surface area contributed by atoms with E-state index in [0.29, 0.717) is 23.7 Å². The lowest BCUT2D eigenvalue weighted by Crippen LogP contribution is -2.34. The molecule has 2 amide bonds. The number of nitrogens with one attached hydrogen (secondary N) is 1. The van der Waals surface area contributed by atoms with Crippen LogP contribution < -0.4 is 5.32 Å². The molecule has 1 unspecified atom stereocenters. The summed E-state index contributed by atoms with van der Waals surface area (Å²) in [6, 6.07) is 6.59. The summed E-state index contributed by atoms with van der Waals surface area (Å²) >= 11 is 5.73. The van der Waals surface area contributed by atoms with Gasteiger partial charge in [-0.05, 0) is 24.3 Å². The predicted octanol–water partition coefficient (Wildman–Crippen LogP) is 1.52. The maximum Gasteiger partial charge on any atom is 0.410 e. The standard InChI is InChI=1S/C12H13ClN2O3/c1-15-7-10(18-12(15)17)6-14-11(16)8-2-4-9(13)5-3-8/h2-5,10H,6-7H2,1H3,(H,14,16). The fourth-order valence-corrected chi connectivity index (χ4v) is 1.79. The van der Waals surface area contributed by atoms with E-state index in [1.807, 2.05) is 0 Å². The van der Waals surface area contributed by atoms with E-state index in [9.17, 15) is 9.59 Å². The van der Waals surface area contributed by atoms with Gasteiger partial charge in [-0.3, -0.25) is 4.79 Å². The quantitative estimate of drug-likeness (QED) is 0.904. The van der Waals surface area contributed by atoms with Crippen molar-refractivity contribution in [2.24, 2.45) is 0 Å². The molecular formula is C12H13ClN2O3. The van der Waals surface area contributed by atoms with Gasteiger partial charge < -0.3 is 15.0 Å². The second-order valence-corrected chi connectivity index (χ2v) is 4.54. The Labute approximate surface area is 110 Å². The Hall–Kier alpha value is -1.75. The molecule has 96 valence electrons. The summed E-state index contributed by atoms with van der Waals surface area (Å²) in [6.45, 7) is 0.789. The maximum absolute atomic E-state index is 11.8. The Balaban J connectivity index is 1.85. The van der Waals surface area contributed by atoms with Gasteiger partial charge >= 0.3 is 6.09 Å². The molecule has 0 aromatic heterocycles. The normalized spacial score (nSPS) is 18.7. The van der Waals surface area contributed by atoms with Crippen LogP contribution in [0.25, 0.3) is 0 Å².